The van der Waals surface area contributed by atoms with Crippen LogP contribution in [0.1, 0.15) is 43.8 Å². The van der Waals surface area contributed by atoms with Crippen LogP contribution >= 0.6 is 0 Å². The largest absolute Gasteiger partial charge is 0.396 e. The molecular weight excluding hydrogens is 278 g/mol. The summed E-state index contributed by atoms with van der Waals surface area (Å²) in [5.41, 5.74) is 10.1. The molecule has 0 aliphatic heterocycles. The summed E-state index contributed by atoms with van der Waals surface area (Å²) in [4.78, 5) is 14.3. The minimum atomic E-state index is 0.515. The van der Waals surface area contributed by atoms with Gasteiger partial charge in [-0.05, 0) is 32.8 Å². The average molecular weight is 303 g/mol. The number of pyridine rings is 1. The molecule has 6 heteroatoms. The molecule has 2 aromatic rings. The molecule has 22 heavy (non-hydrogen) atoms. The number of hydrogen-bond acceptors (Lipinski definition) is 5. The second-order valence-corrected chi connectivity index (χ2v) is 5.38. The molecule has 0 aromatic carbocycles. The number of rotatable bonds is 7. The van der Waals surface area contributed by atoms with Crippen molar-refractivity contribution in [2.75, 3.05) is 12.3 Å². The van der Waals surface area contributed by atoms with Crippen LogP contribution in [0, 0.1) is 13.8 Å². The van der Waals surface area contributed by atoms with Crippen molar-refractivity contribution in [2.45, 2.75) is 53.5 Å². The van der Waals surface area contributed by atoms with Crippen molar-refractivity contribution in [3.05, 3.63) is 17.1 Å². The van der Waals surface area contributed by atoms with Crippen LogP contribution in [0.4, 0.5) is 5.82 Å². The smallest absolute Gasteiger partial charge is 0.151 e. The van der Waals surface area contributed by atoms with Gasteiger partial charge in [0, 0.05) is 31.3 Å². The molecule has 0 aliphatic rings. The lowest BCUT2D eigenvalue weighted by Crippen LogP contribution is -2.07. The number of fused-ring (bicyclic) bond motifs is 1. The quantitative estimate of drug-likeness (QED) is 0.484. The van der Waals surface area contributed by atoms with E-state index in [2.05, 4.69) is 28.6 Å². The summed E-state index contributed by atoms with van der Waals surface area (Å²) in [6.07, 6.45) is 4.50. The van der Waals surface area contributed by atoms with Gasteiger partial charge in [-0.15, -0.1) is 0 Å². The maximum atomic E-state index is 6.07. The number of nitrogens with two attached hydrogens (primary N) is 1. The number of nitrogen functional groups attached to an aromatic ring is 1. The van der Waals surface area contributed by atoms with E-state index in [4.69, 9.17) is 15.6 Å². The molecule has 0 spiro atoms. The molecule has 0 aliphatic carbocycles. The second-order valence-electron chi connectivity index (χ2n) is 5.38. The van der Waals surface area contributed by atoms with Gasteiger partial charge in [0.05, 0.1) is 5.52 Å². The summed E-state index contributed by atoms with van der Waals surface area (Å²) < 4.78 is 2.26. The summed E-state index contributed by atoms with van der Waals surface area (Å²) in [6.45, 7) is 9.49. The third kappa shape index (κ3) is 3.21. The van der Waals surface area contributed by atoms with E-state index in [1.165, 1.54) is 0 Å². The zero-order valence-electron chi connectivity index (χ0n) is 13.9. The number of aryl methyl sites for hydroxylation is 4. The Labute approximate surface area is 131 Å². The Hall–Kier alpha value is -2.11. The van der Waals surface area contributed by atoms with Crippen LogP contribution in [0.5, 0.6) is 0 Å². The highest BCUT2D eigenvalue weighted by Crippen LogP contribution is 2.26. The van der Waals surface area contributed by atoms with Crippen LogP contribution in [0.15, 0.2) is 5.16 Å². The van der Waals surface area contributed by atoms with Crippen LogP contribution in [-0.2, 0) is 17.8 Å². The summed E-state index contributed by atoms with van der Waals surface area (Å²) >= 11 is 0. The van der Waals surface area contributed by atoms with E-state index in [0.717, 1.165) is 53.9 Å². The molecular formula is C16H25N5O. The fourth-order valence-corrected chi connectivity index (χ4v) is 2.62. The molecule has 2 N–H and O–H groups in total. The van der Waals surface area contributed by atoms with Gasteiger partial charge in [-0.3, -0.25) is 0 Å². The molecule has 2 heterocycles. The lowest BCUT2D eigenvalue weighted by atomic mass is 10.2. The standard InChI is InChI=1S/C16H25N5O/c1-5-8-13-20-14-15(11(3)12(4)19-16(14)17)21(13)9-7-10-22-18-6-2/h6H,5,7-10H2,1-4H3,(H2,17,19)/b18-6+. The van der Waals surface area contributed by atoms with Gasteiger partial charge in [-0.1, -0.05) is 12.1 Å². The lowest BCUT2D eigenvalue weighted by Gasteiger charge is -2.11. The van der Waals surface area contributed by atoms with Gasteiger partial charge in [-0.2, -0.15) is 0 Å². The van der Waals surface area contributed by atoms with Crippen molar-refractivity contribution in [2.24, 2.45) is 5.16 Å². The van der Waals surface area contributed by atoms with Crippen molar-refractivity contribution in [3.63, 3.8) is 0 Å². The van der Waals surface area contributed by atoms with E-state index in [9.17, 15) is 0 Å². The first kappa shape index (κ1) is 16.3. The minimum absolute atomic E-state index is 0.515. The van der Waals surface area contributed by atoms with E-state index in [0.29, 0.717) is 12.4 Å². The molecule has 0 saturated heterocycles. The number of hydrogen-bond donors (Lipinski definition) is 1. The molecule has 6 nitrogen and oxygen atoms in total. The second kappa shape index (κ2) is 7.24. The van der Waals surface area contributed by atoms with E-state index in [1.807, 2.05) is 13.8 Å². The van der Waals surface area contributed by atoms with Gasteiger partial charge < -0.3 is 15.1 Å². The monoisotopic (exact) mass is 303 g/mol. The number of oxime groups is 1. The topological polar surface area (TPSA) is 78.3 Å². The molecule has 0 atom stereocenters. The highest BCUT2D eigenvalue weighted by molar-refractivity contribution is 5.88. The Kier molecular flexibility index (Phi) is 5.35. The normalized spacial score (nSPS) is 11.6. The first-order chi connectivity index (χ1) is 10.6. The predicted molar refractivity (Wildman–Crippen MR) is 90.1 cm³/mol. The van der Waals surface area contributed by atoms with Crippen LogP contribution in [0.2, 0.25) is 0 Å². The van der Waals surface area contributed by atoms with Crippen LogP contribution in [-0.4, -0.2) is 27.4 Å². The summed E-state index contributed by atoms with van der Waals surface area (Å²) in [6, 6.07) is 0. The number of imidazole rings is 1. The van der Waals surface area contributed by atoms with E-state index >= 15 is 0 Å². The Bertz CT molecular complexity index is 675. The highest BCUT2D eigenvalue weighted by Gasteiger charge is 2.16. The van der Waals surface area contributed by atoms with Crippen LogP contribution in [0.3, 0.4) is 0 Å². The first-order valence-corrected chi connectivity index (χ1v) is 7.81. The zero-order valence-corrected chi connectivity index (χ0v) is 13.9. The maximum Gasteiger partial charge on any atom is 0.151 e. The third-order valence-corrected chi connectivity index (χ3v) is 3.75. The molecule has 2 rings (SSSR count). The molecule has 120 valence electrons. The Morgan fingerprint density at radius 3 is 2.77 bits per heavy atom. The number of nitrogens with zero attached hydrogens (tertiary/aromatic N) is 4. The van der Waals surface area contributed by atoms with Crippen molar-refractivity contribution >= 4 is 23.1 Å². The van der Waals surface area contributed by atoms with Gasteiger partial charge in [0.15, 0.2) is 5.82 Å². The molecule has 0 bridgehead atoms. The van der Waals surface area contributed by atoms with Gasteiger partial charge in [0.1, 0.15) is 17.9 Å². The van der Waals surface area contributed by atoms with E-state index in [-0.39, 0.29) is 0 Å². The molecule has 0 unspecified atom stereocenters. The van der Waals surface area contributed by atoms with E-state index in [1.54, 1.807) is 6.21 Å². The highest BCUT2D eigenvalue weighted by atomic mass is 16.6. The third-order valence-electron chi connectivity index (χ3n) is 3.75. The molecule has 0 fully saturated rings. The summed E-state index contributed by atoms with van der Waals surface area (Å²) in [5, 5.41) is 3.78. The summed E-state index contributed by atoms with van der Waals surface area (Å²) in [5.74, 6) is 1.58. The van der Waals surface area contributed by atoms with Crippen LogP contribution in [0.25, 0.3) is 11.0 Å². The van der Waals surface area contributed by atoms with Crippen molar-refractivity contribution < 1.29 is 4.84 Å². The molecule has 2 aromatic heterocycles. The van der Waals surface area contributed by atoms with Gasteiger partial charge in [0.2, 0.25) is 0 Å². The lowest BCUT2D eigenvalue weighted by molar-refractivity contribution is 0.139. The molecule has 0 saturated carbocycles. The van der Waals surface area contributed by atoms with Crippen molar-refractivity contribution in [1.82, 2.24) is 14.5 Å². The zero-order chi connectivity index (χ0) is 16.1. The summed E-state index contributed by atoms with van der Waals surface area (Å²) in [7, 11) is 0. The van der Waals surface area contributed by atoms with Gasteiger partial charge >= 0.3 is 0 Å². The Morgan fingerprint density at radius 1 is 1.32 bits per heavy atom. The van der Waals surface area contributed by atoms with Crippen molar-refractivity contribution in [3.8, 4) is 0 Å². The fraction of sp³-hybridized carbons (Fsp3) is 0.562. The van der Waals surface area contributed by atoms with Gasteiger partial charge in [-0.25, -0.2) is 9.97 Å². The van der Waals surface area contributed by atoms with Crippen molar-refractivity contribution in [1.29, 1.82) is 0 Å². The number of anilines is 1. The molecule has 0 amide bonds. The van der Waals surface area contributed by atoms with E-state index < -0.39 is 0 Å². The molecule has 0 radical (unpaired) electrons. The average Bonchev–Trinajstić information content (AvgIpc) is 2.84. The van der Waals surface area contributed by atoms with Gasteiger partial charge in [0.25, 0.3) is 0 Å². The predicted octanol–water partition coefficient (Wildman–Crippen LogP) is 3.00. The number of aromatic nitrogens is 3. The Balaban J connectivity index is 2.38. The maximum absolute atomic E-state index is 6.07. The van der Waals surface area contributed by atoms with Crippen LogP contribution < -0.4 is 5.73 Å². The first-order valence-electron chi connectivity index (χ1n) is 7.81. The SMILES string of the molecule is C/C=N/OCCCn1c(CCC)nc2c(N)nc(C)c(C)c21. The minimum Gasteiger partial charge on any atom is -0.396 e. The fourth-order valence-electron chi connectivity index (χ4n) is 2.62. The Morgan fingerprint density at radius 2 is 2.09 bits per heavy atom.